The zero-order chi connectivity index (χ0) is 16.8. The molecule has 0 aromatic carbocycles. The van der Waals surface area contributed by atoms with E-state index in [0.717, 1.165) is 12.1 Å². The Bertz CT molecular complexity index is 414. The summed E-state index contributed by atoms with van der Waals surface area (Å²) in [5.74, 6) is 0. The lowest BCUT2D eigenvalue weighted by atomic mass is 10.1. The summed E-state index contributed by atoms with van der Waals surface area (Å²) in [6.45, 7) is 17.6. The first kappa shape index (κ1) is 21.7. The van der Waals surface area contributed by atoms with E-state index in [2.05, 4.69) is 44.2 Å². The lowest BCUT2D eigenvalue weighted by Crippen LogP contribution is -2.18. The summed E-state index contributed by atoms with van der Waals surface area (Å²) in [6, 6.07) is 0.401. The molecule has 3 nitrogen and oxygen atoms in total. The Morgan fingerprint density at radius 3 is 2.24 bits per heavy atom. The van der Waals surface area contributed by atoms with Crippen molar-refractivity contribution >= 4 is 5.70 Å². The Morgan fingerprint density at radius 2 is 1.86 bits per heavy atom. The van der Waals surface area contributed by atoms with E-state index in [1.807, 2.05) is 50.8 Å². The first-order valence-corrected chi connectivity index (χ1v) is 7.80. The molecule has 0 aliphatic heterocycles. The second-order valence-corrected chi connectivity index (χ2v) is 4.14. The van der Waals surface area contributed by atoms with Crippen molar-refractivity contribution in [2.45, 2.75) is 47.1 Å². The summed E-state index contributed by atoms with van der Waals surface area (Å²) in [7, 11) is 4.17. The first-order valence-electron chi connectivity index (χ1n) is 7.80. The molecule has 3 heteroatoms. The number of rotatable bonds is 6. The lowest BCUT2D eigenvalue weighted by Gasteiger charge is -2.21. The smallest absolute Gasteiger partial charge is 0.0639 e. The molecule has 1 aromatic rings. The van der Waals surface area contributed by atoms with Crippen molar-refractivity contribution in [2.24, 2.45) is 0 Å². The van der Waals surface area contributed by atoms with Crippen molar-refractivity contribution in [1.82, 2.24) is 14.7 Å². The van der Waals surface area contributed by atoms with Crippen molar-refractivity contribution < 1.29 is 0 Å². The van der Waals surface area contributed by atoms with Crippen molar-refractivity contribution in [3.05, 3.63) is 49.3 Å². The first-order chi connectivity index (χ1) is 10.1. The van der Waals surface area contributed by atoms with Crippen LogP contribution in [0.5, 0.6) is 0 Å². The summed E-state index contributed by atoms with van der Waals surface area (Å²) in [5, 5.41) is 4.36. The van der Waals surface area contributed by atoms with Gasteiger partial charge in [-0.2, -0.15) is 5.10 Å². The number of allylic oxidation sites excluding steroid dienone is 4. The molecule has 0 saturated carbocycles. The maximum Gasteiger partial charge on any atom is 0.0639 e. The Labute approximate surface area is 131 Å². The molecule has 0 aliphatic rings. The van der Waals surface area contributed by atoms with Crippen LogP contribution in [0.25, 0.3) is 5.70 Å². The Morgan fingerprint density at radius 1 is 1.29 bits per heavy atom. The minimum Gasteiger partial charge on any atom is -0.302 e. The Kier molecular flexibility index (Phi) is 13.8. The molecule has 21 heavy (non-hydrogen) atoms. The largest absolute Gasteiger partial charge is 0.302 e. The molecule has 1 atom stereocenters. The summed E-state index contributed by atoms with van der Waals surface area (Å²) in [4.78, 5) is 2.20. The van der Waals surface area contributed by atoms with Gasteiger partial charge in [0.1, 0.15) is 0 Å². The van der Waals surface area contributed by atoms with E-state index in [0.29, 0.717) is 6.04 Å². The maximum absolute atomic E-state index is 4.36. The maximum atomic E-state index is 4.36. The zero-order valence-electron chi connectivity index (χ0n) is 14.9. The molecule has 1 heterocycles. The van der Waals surface area contributed by atoms with Crippen molar-refractivity contribution in [1.29, 1.82) is 0 Å². The van der Waals surface area contributed by atoms with Crippen LogP contribution >= 0.6 is 0 Å². The van der Waals surface area contributed by atoms with E-state index in [1.165, 1.54) is 5.56 Å². The van der Waals surface area contributed by atoms with E-state index < -0.39 is 0 Å². The predicted molar refractivity (Wildman–Crippen MR) is 96.3 cm³/mol. The third-order valence-corrected chi connectivity index (χ3v) is 2.76. The van der Waals surface area contributed by atoms with Crippen LogP contribution in [0.15, 0.2) is 43.8 Å². The van der Waals surface area contributed by atoms with Crippen molar-refractivity contribution in [2.75, 3.05) is 14.1 Å². The van der Waals surface area contributed by atoms with E-state index >= 15 is 0 Å². The van der Waals surface area contributed by atoms with Crippen molar-refractivity contribution in [3.8, 4) is 0 Å². The fourth-order valence-corrected chi connectivity index (χ4v) is 1.91. The van der Waals surface area contributed by atoms with Gasteiger partial charge in [0, 0.05) is 17.8 Å². The summed E-state index contributed by atoms with van der Waals surface area (Å²) in [6.07, 6.45) is 10.4. The minimum absolute atomic E-state index is 0.401. The van der Waals surface area contributed by atoms with Crippen LogP contribution in [0.2, 0.25) is 0 Å². The van der Waals surface area contributed by atoms with Gasteiger partial charge in [-0.3, -0.25) is 0 Å². The van der Waals surface area contributed by atoms with Crippen molar-refractivity contribution in [3.63, 3.8) is 0 Å². The summed E-state index contributed by atoms with van der Waals surface area (Å²) < 4.78 is 1.83. The quantitative estimate of drug-likeness (QED) is 0.675. The van der Waals surface area contributed by atoms with E-state index in [1.54, 1.807) is 12.2 Å². The van der Waals surface area contributed by atoms with Crippen LogP contribution in [-0.2, 0) is 0 Å². The molecule has 120 valence electrons. The molecular weight excluding hydrogens is 258 g/mol. The predicted octanol–water partition coefficient (Wildman–Crippen LogP) is 5.16. The fraction of sp³-hybridized carbons (Fsp3) is 0.500. The van der Waals surface area contributed by atoms with E-state index in [4.69, 9.17) is 0 Å². The highest BCUT2D eigenvalue weighted by atomic mass is 15.3. The molecule has 0 aliphatic carbocycles. The minimum atomic E-state index is 0.401. The highest BCUT2D eigenvalue weighted by molar-refractivity contribution is 5.57. The highest BCUT2D eigenvalue weighted by Gasteiger charge is 2.13. The van der Waals surface area contributed by atoms with Gasteiger partial charge in [0.05, 0.1) is 11.9 Å². The second kappa shape index (κ2) is 13.4. The molecule has 0 bridgehead atoms. The molecule has 0 saturated heterocycles. The zero-order valence-corrected chi connectivity index (χ0v) is 14.9. The van der Waals surface area contributed by atoms with Crippen LogP contribution in [0.3, 0.4) is 0 Å². The summed E-state index contributed by atoms with van der Waals surface area (Å²) >= 11 is 0. The number of hydrogen-bond acceptors (Lipinski definition) is 2. The summed E-state index contributed by atoms with van der Waals surface area (Å²) in [5.41, 5.74) is 2.15. The Hall–Kier alpha value is -1.61. The molecule has 0 N–H and O–H groups in total. The van der Waals surface area contributed by atoms with Crippen LogP contribution < -0.4 is 0 Å². The second-order valence-electron chi connectivity index (χ2n) is 4.14. The average molecular weight is 291 g/mol. The standard InChI is InChI=1S/C14H21N3.2C2H6/c1-6-9-13(7-2)17-11-12(10-15-17)14(8-3)16(4)5;2*1-2/h6-7,9-11,14H,1-2,8H2,3-5H3;2*1-2H3/b13-9+;;. The molecule has 0 amide bonds. The van der Waals surface area contributed by atoms with Crippen LogP contribution in [0, 0.1) is 0 Å². The van der Waals surface area contributed by atoms with Gasteiger partial charge < -0.3 is 4.90 Å². The van der Waals surface area contributed by atoms with Gasteiger partial charge in [0.25, 0.3) is 0 Å². The van der Waals surface area contributed by atoms with Crippen LogP contribution in [0.1, 0.15) is 52.6 Å². The molecule has 1 aromatic heterocycles. The third-order valence-electron chi connectivity index (χ3n) is 2.76. The molecular formula is C18H33N3. The molecule has 1 unspecified atom stereocenters. The van der Waals surface area contributed by atoms with Crippen LogP contribution in [-0.4, -0.2) is 28.8 Å². The number of nitrogens with zero attached hydrogens (tertiary/aromatic N) is 3. The molecule has 0 radical (unpaired) electrons. The van der Waals surface area contributed by atoms with Gasteiger partial charge in [-0.1, -0.05) is 53.9 Å². The lowest BCUT2D eigenvalue weighted by molar-refractivity contribution is 0.292. The monoisotopic (exact) mass is 291 g/mol. The average Bonchev–Trinajstić information content (AvgIpc) is 2.98. The topological polar surface area (TPSA) is 21.1 Å². The van der Waals surface area contributed by atoms with Gasteiger partial charge >= 0.3 is 0 Å². The number of hydrogen-bond donors (Lipinski definition) is 0. The van der Waals surface area contributed by atoms with E-state index in [9.17, 15) is 0 Å². The normalized spacial score (nSPS) is 11.7. The van der Waals surface area contributed by atoms with Gasteiger partial charge in [0.15, 0.2) is 0 Å². The van der Waals surface area contributed by atoms with Gasteiger partial charge in [-0.05, 0) is 32.7 Å². The Balaban J connectivity index is 0. The highest BCUT2D eigenvalue weighted by Crippen LogP contribution is 2.21. The molecule has 0 fully saturated rings. The third kappa shape index (κ3) is 7.09. The molecule has 0 spiro atoms. The molecule has 1 rings (SSSR count). The van der Waals surface area contributed by atoms with Gasteiger partial charge in [-0.25, -0.2) is 4.68 Å². The fourth-order valence-electron chi connectivity index (χ4n) is 1.91. The van der Waals surface area contributed by atoms with Gasteiger partial charge in [0.2, 0.25) is 0 Å². The van der Waals surface area contributed by atoms with E-state index in [-0.39, 0.29) is 0 Å². The number of aromatic nitrogens is 2. The van der Waals surface area contributed by atoms with Gasteiger partial charge in [-0.15, -0.1) is 0 Å². The van der Waals surface area contributed by atoms with Crippen LogP contribution in [0.4, 0.5) is 0 Å². The SMILES string of the molecule is C=C/C=C(\C=C)n1cc(C(CC)N(C)C)cn1.CC.CC.